The smallest absolute Gasteiger partial charge is 0.272 e. The molecule has 0 spiro atoms. The number of carbonyl (C=O) groups excluding carboxylic acids is 1. The number of hydrogen-bond acceptors (Lipinski definition) is 3. The van der Waals surface area contributed by atoms with Gasteiger partial charge in [-0.15, -0.1) is 0 Å². The van der Waals surface area contributed by atoms with Gasteiger partial charge < -0.3 is 10.3 Å². The molecule has 1 amide bonds. The molecule has 28 heavy (non-hydrogen) atoms. The monoisotopic (exact) mass is 407 g/mol. The largest absolute Gasteiger partial charge is 0.353 e. The molecule has 1 aliphatic heterocycles. The van der Waals surface area contributed by atoms with E-state index < -0.39 is 15.9 Å². The van der Waals surface area contributed by atoms with Gasteiger partial charge in [-0.1, -0.05) is 6.92 Å². The van der Waals surface area contributed by atoms with Crippen LogP contribution in [0.3, 0.4) is 0 Å². The van der Waals surface area contributed by atoms with Crippen molar-refractivity contribution in [3.63, 3.8) is 0 Å². The summed E-state index contributed by atoms with van der Waals surface area (Å²) in [5, 5.41) is 2.73. The van der Waals surface area contributed by atoms with Crippen LogP contribution in [-0.2, 0) is 10.0 Å². The molecule has 6 nitrogen and oxygen atoms in total. The van der Waals surface area contributed by atoms with Gasteiger partial charge in [0.1, 0.15) is 16.4 Å². The van der Waals surface area contributed by atoms with E-state index in [0.717, 1.165) is 12.8 Å². The van der Waals surface area contributed by atoms with Gasteiger partial charge in [-0.25, -0.2) is 12.8 Å². The zero-order chi connectivity index (χ0) is 20.6. The number of nitrogens with zero attached hydrogens (tertiary/aromatic N) is 1. The highest BCUT2D eigenvalue weighted by atomic mass is 32.2. The summed E-state index contributed by atoms with van der Waals surface area (Å²) in [6.45, 7) is 8.09. The van der Waals surface area contributed by atoms with Crippen LogP contribution in [0.1, 0.15) is 47.1 Å². The molecule has 0 atom stereocenters. The first-order valence-corrected chi connectivity index (χ1v) is 10.8. The lowest BCUT2D eigenvalue weighted by Crippen LogP contribution is -2.38. The number of sulfonamides is 1. The van der Waals surface area contributed by atoms with E-state index >= 15 is 0 Å². The Labute approximate surface area is 165 Å². The average Bonchev–Trinajstić information content (AvgIpc) is 2.93. The quantitative estimate of drug-likeness (QED) is 0.810. The van der Waals surface area contributed by atoms with Crippen LogP contribution in [0.25, 0.3) is 0 Å². The standard InChI is InChI=1S/C20H26FN3O3S/c1-12-7-9-24(10-8-12)28(26,27)19-14(3)18(22-15(19)4)20(25)23-17-6-5-16(21)11-13(17)2/h5-6,11-12,22H,7-10H2,1-4H3,(H,23,25). The molecule has 0 bridgehead atoms. The van der Waals surface area contributed by atoms with Crippen molar-refractivity contribution in [2.75, 3.05) is 18.4 Å². The summed E-state index contributed by atoms with van der Waals surface area (Å²) in [6.07, 6.45) is 1.66. The number of hydrogen-bond donors (Lipinski definition) is 2. The summed E-state index contributed by atoms with van der Waals surface area (Å²) < 4.78 is 41.1. The molecule has 1 aromatic heterocycles. The van der Waals surface area contributed by atoms with Gasteiger partial charge in [-0.2, -0.15) is 4.31 Å². The third kappa shape index (κ3) is 3.84. The van der Waals surface area contributed by atoms with Gasteiger partial charge >= 0.3 is 0 Å². The number of amides is 1. The molecule has 1 fully saturated rings. The van der Waals surface area contributed by atoms with E-state index in [2.05, 4.69) is 17.2 Å². The highest BCUT2D eigenvalue weighted by molar-refractivity contribution is 7.89. The first-order chi connectivity index (χ1) is 13.1. The molecule has 2 heterocycles. The Morgan fingerprint density at radius 2 is 1.86 bits per heavy atom. The number of halogens is 1. The predicted molar refractivity (Wildman–Crippen MR) is 107 cm³/mol. The number of benzene rings is 1. The van der Waals surface area contributed by atoms with Crippen LogP contribution in [-0.4, -0.2) is 36.7 Å². The zero-order valence-corrected chi connectivity index (χ0v) is 17.4. The SMILES string of the molecule is Cc1cc(F)ccc1NC(=O)c1[nH]c(C)c(S(=O)(=O)N2CCC(C)CC2)c1C. The van der Waals surface area contributed by atoms with Crippen molar-refractivity contribution in [1.29, 1.82) is 0 Å². The molecular formula is C20H26FN3O3S. The van der Waals surface area contributed by atoms with Gasteiger partial charge in [0, 0.05) is 24.5 Å². The molecule has 0 unspecified atom stereocenters. The molecule has 0 radical (unpaired) electrons. The fourth-order valence-corrected chi connectivity index (χ4v) is 5.53. The number of piperidine rings is 1. The van der Waals surface area contributed by atoms with Crippen molar-refractivity contribution in [2.45, 2.75) is 45.4 Å². The Bertz CT molecular complexity index is 1010. The molecule has 1 aliphatic rings. The number of carbonyl (C=O) groups is 1. The normalized spacial score (nSPS) is 16.3. The lowest BCUT2D eigenvalue weighted by molar-refractivity contribution is 0.102. The maximum absolute atomic E-state index is 13.3. The van der Waals surface area contributed by atoms with Crippen molar-refractivity contribution >= 4 is 21.6 Å². The molecule has 2 N–H and O–H groups in total. The van der Waals surface area contributed by atoms with E-state index in [1.165, 1.54) is 22.5 Å². The molecule has 0 saturated carbocycles. The molecule has 0 aliphatic carbocycles. The summed E-state index contributed by atoms with van der Waals surface area (Å²) >= 11 is 0. The van der Waals surface area contributed by atoms with Gasteiger partial charge in [0.05, 0.1) is 0 Å². The third-order valence-electron chi connectivity index (χ3n) is 5.37. The Kier molecular flexibility index (Phi) is 5.63. The molecule has 8 heteroatoms. The van der Waals surface area contributed by atoms with Crippen LogP contribution in [0.4, 0.5) is 10.1 Å². The minimum atomic E-state index is -3.67. The average molecular weight is 408 g/mol. The van der Waals surface area contributed by atoms with E-state index in [0.29, 0.717) is 41.5 Å². The minimum absolute atomic E-state index is 0.169. The second-order valence-electron chi connectivity index (χ2n) is 7.58. The van der Waals surface area contributed by atoms with Gasteiger partial charge in [0.15, 0.2) is 0 Å². The van der Waals surface area contributed by atoms with Gasteiger partial charge in [0.2, 0.25) is 10.0 Å². The Balaban J connectivity index is 1.90. The topological polar surface area (TPSA) is 82.3 Å². The van der Waals surface area contributed by atoms with E-state index in [9.17, 15) is 17.6 Å². The molecule has 1 saturated heterocycles. The van der Waals surface area contributed by atoms with E-state index in [4.69, 9.17) is 0 Å². The molecule has 3 rings (SSSR count). The molecular weight excluding hydrogens is 381 g/mol. The molecule has 152 valence electrons. The van der Waals surface area contributed by atoms with E-state index in [1.807, 2.05) is 0 Å². The Hall–Kier alpha value is -2.19. The molecule has 1 aromatic carbocycles. The first kappa shape index (κ1) is 20.5. The third-order valence-corrected chi connectivity index (χ3v) is 7.55. The zero-order valence-electron chi connectivity index (χ0n) is 16.6. The highest BCUT2D eigenvalue weighted by Crippen LogP contribution is 2.30. The van der Waals surface area contributed by atoms with Crippen molar-refractivity contribution in [3.8, 4) is 0 Å². The van der Waals surface area contributed by atoms with Crippen molar-refractivity contribution < 1.29 is 17.6 Å². The first-order valence-electron chi connectivity index (χ1n) is 9.38. The summed E-state index contributed by atoms with van der Waals surface area (Å²) in [5.41, 5.74) is 2.10. The lowest BCUT2D eigenvalue weighted by atomic mass is 10.0. The number of aromatic amines is 1. The number of rotatable bonds is 4. The van der Waals surface area contributed by atoms with E-state index in [1.54, 1.807) is 20.8 Å². The highest BCUT2D eigenvalue weighted by Gasteiger charge is 2.33. The number of anilines is 1. The van der Waals surface area contributed by atoms with Crippen LogP contribution in [0.5, 0.6) is 0 Å². The van der Waals surface area contributed by atoms with Crippen LogP contribution in [0.2, 0.25) is 0 Å². The summed E-state index contributed by atoms with van der Waals surface area (Å²) in [4.78, 5) is 15.8. The Morgan fingerprint density at radius 3 is 2.46 bits per heavy atom. The number of nitrogens with one attached hydrogen (secondary N) is 2. The van der Waals surface area contributed by atoms with Gasteiger partial charge in [-0.3, -0.25) is 4.79 Å². The number of aryl methyl sites for hydroxylation is 2. The van der Waals surface area contributed by atoms with Gasteiger partial charge in [-0.05, 0) is 68.9 Å². The van der Waals surface area contributed by atoms with Crippen LogP contribution < -0.4 is 5.32 Å². The van der Waals surface area contributed by atoms with Crippen LogP contribution in [0.15, 0.2) is 23.1 Å². The van der Waals surface area contributed by atoms with Crippen molar-refractivity contribution in [2.24, 2.45) is 5.92 Å². The molecule has 2 aromatic rings. The maximum atomic E-state index is 13.3. The fraction of sp³-hybridized carbons (Fsp3) is 0.450. The van der Waals surface area contributed by atoms with Crippen LogP contribution in [0, 0.1) is 32.5 Å². The second kappa shape index (κ2) is 7.67. The number of H-pyrrole nitrogens is 1. The van der Waals surface area contributed by atoms with Crippen molar-refractivity contribution in [3.05, 3.63) is 46.5 Å². The summed E-state index contributed by atoms with van der Waals surface area (Å²) in [6, 6.07) is 4.08. The van der Waals surface area contributed by atoms with E-state index in [-0.39, 0.29) is 16.4 Å². The fourth-order valence-electron chi connectivity index (χ4n) is 3.65. The lowest BCUT2D eigenvalue weighted by Gasteiger charge is -2.29. The number of aromatic nitrogens is 1. The van der Waals surface area contributed by atoms with Gasteiger partial charge in [0.25, 0.3) is 5.91 Å². The maximum Gasteiger partial charge on any atom is 0.272 e. The predicted octanol–water partition coefficient (Wildman–Crippen LogP) is 3.75. The second-order valence-corrected chi connectivity index (χ2v) is 9.45. The summed E-state index contributed by atoms with van der Waals surface area (Å²) in [7, 11) is -3.67. The van der Waals surface area contributed by atoms with Crippen molar-refractivity contribution in [1.82, 2.24) is 9.29 Å². The summed E-state index contributed by atoms with van der Waals surface area (Å²) in [5.74, 6) is -0.323. The van der Waals surface area contributed by atoms with Crippen LogP contribution >= 0.6 is 0 Å². The minimum Gasteiger partial charge on any atom is -0.353 e. The Morgan fingerprint density at radius 1 is 1.21 bits per heavy atom.